The Morgan fingerprint density at radius 2 is 1.46 bits per heavy atom. The van der Waals surface area contributed by atoms with Crippen molar-refractivity contribution in [1.29, 1.82) is 0 Å². The summed E-state index contributed by atoms with van der Waals surface area (Å²) in [6, 6.07) is 1.23. The van der Waals surface area contributed by atoms with Gasteiger partial charge < -0.3 is 39.9 Å². The number of ether oxygens (including phenoxy) is 3. The summed E-state index contributed by atoms with van der Waals surface area (Å²) < 4.78 is 56.4. The number of carbonyl (C=O) groups is 3. The normalized spacial score (nSPS) is 20.3. The molecule has 6 N–H and O–H groups in total. The Balaban J connectivity index is 1.88. The molecule has 0 aliphatic carbocycles. The number of nitrogen functional groups attached to an aromatic ring is 1. The van der Waals surface area contributed by atoms with E-state index in [0.29, 0.717) is 12.8 Å². The van der Waals surface area contributed by atoms with Gasteiger partial charge in [-0.15, -0.1) is 0 Å². The standard InChI is InChI=1S/C47H77N3O16P2/c1-4-6-7-8-9-10-11-12-13-14-18-21-24-28-38(51)29-26-31-43(53)64-39(34-61-42(52)30-25-22-19-16-15-17-20-23-27-37(3)5-2)35-62-67(57,58)66-68(59,60)63-36-40-44(54)45(55)46(65-40)50-33-32-41(48)49-47(50)56/h9-10,12-13,18,21,24,28,32-33,37,39-40,44-46,54-55H,4-8,11,14-17,19-20,22-23,25-27,29-31,34-36H2,1-3H3,(H,57,58)(H,59,60)(H2,48,49,56)/b10-9-,13-12-,21-18-,28-24+/t37?,39-,40-,44-,45-,46-/m1/s1. The molecule has 1 aliphatic heterocycles. The summed E-state index contributed by atoms with van der Waals surface area (Å²) in [6.45, 7) is 4.15. The second-order valence-electron chi connectivity index (χ2n) is 16.9. The van der Waals surface area contributed by atoms with Crippen LogP contribution in [0.1, 0.15) is 155 Å². The molecule has 1 saturated heterocycles. The lowest BCUT2D eigenvalue weighted by Crippen LogP contribution is -2.36. The monoisotopic (exact) mass is 1000 g/mol. The predicted octanol–water partition coefficient (Wildman–Crippen LogP) is 8.42. The van der Waals surface area contributed by atoms with Crippen molar-refractivity contribution in [1.82, 2.24) is 9.55 Å². The number of hydrogen-bond acceptors (Lipinski definition) is 16. The molecule has 0 bridgehead atoms. The summed E-state index contributed by atoms with van der Waals surface area (Å²) in [5.41, 5.74) is 4.56. The number of nitrogens with two attached hydrogens (primary N) is 1. The first kappa shape index (κ1) is 60.5. The second kappa shape index (κ2) is 34.6. The number of hydrogen-bond donors (Lipinski definition) is 5. The van der Waals surface area contributed by atoms with Crippen LogP contribution >= 0.6 is 15.6 Å². The van der Waals surface area contributed by atoms with Crippen molar-refractivity contribution in [3.63, 3.8) is 0 Å². The molecule has 19 nitrogen and oxygen atoms in total. The number of aliphatic hydroxyl groups excluding tert-OH is 2. The Labute approximate surface area is 401 Å². The van der Waals surface area contributed by atoms with Gasteiger partial charge in [-0.2, -0.15) is 9.29 Å². The Kier molecular flexibility index (Phi) is 30.8. The lowest BCUT2D eigenvalue weighted by molar-refractivity contribution is -0.161. The molecule has 3 unspecified atom stereocenters. The fraction of sp³-hybridized carbons (Fsp3) is 0.681. The number of carbonyl (C=O) groups excluding carboxylic acids is 3. The van der Waals surface area contributed by atoms with E-state index in [0.717, 1.165) is 55.2 Å². The van der Waals surface area contributed by atoms with Crippen LogP contribution in [0.4, 0.5) is 5.82 Å². The SMILES string of the molecule is CCCCC/C=C\C/C=C\C/C=C\C=C\C(=O)CCCC(=O)O[C@H](COC(=O)CCCCCCCCCCC(C)CC)COP(=O)(O)OP(=O)(O)OC[C@H]1O[C@@H](n2ccc(N)nc2=O)[C@H](O)[C@@H]1O. The number of rotatable bonds is 38. The highest BCUT2D eigenvalue weighted by Crippen LogP contribution is 2.60. The van der Waals surface area contributed by atoms with E-state index in [-0.39, 0.29) is 37.3 Å². The number of allylic oxidation sites excluding steroid dienone is 8. The summed E-state index contributed by atoms with van der Waals surface area (Å²) in [5.74, 6) is -1.04. The minimum Gasteiger partial charge on any atom is -0.462 e. The number of phosphoric ester groups is 2. The smallest absolute Gasteiger partial charge is 0.462 e. The summed E-state index contributed by atoms with van der Waals surface area (Å²) in [6.07, 6.45) is 25.1. The van der Waals surface area contributed by atoms with E-state index >= 15 is 0 Å². The van der Waals surface area contributed by atoms with Crippen molar-refractivity contribution in [2.75, 3.05) is 25.6 Å². The summed E-state index contributed by atoms with van der Waals surface area (Å²) in [4.78, 5) is 74.1. The number of phosphoric acid groups is 2. The summed E-state index contributed by atoms with van der Waals surface area (Å²) in [5, 5.41) is 20.9. The minimum atomic E-state index is -5.48. The van der Waals surface area contributed by atoms with E-state index in [1.54, 1.807) is 12.2 Å². The van der Waals surface area contributed by atoms with Gasteiger partial charge in [-0.25, -0.2) is 13.9 Å². The van der Waals surface area contributed by atoms with E-state index in [4.69, 9.17) is 29.0 Å². The topological polar surface area (TPSA) is 283 Å². The molecule has 1 aromatic heterocycles. The average Bonchev–Trinajstić information content (AvgIpc) is 3.57. The molecule has 0 amide bonds. The van der Waals surface area contributed by atoms with Crippen LogP contribution < -0.4 is 11.4 Å². The van der Waals surface area contributed by atoms with Crippen molar-refractivity contribution in [3.05, 3.63) is 71.4 Å². The largest absolute Gasteiger partial charge is 0.481 e. The fourth-order valence-corrected chi connectivity index (χ4v) is 8.88. The molecule has 8 atom stereocenters. The van der Waals surface area contributed by atoms with Gasteiger partial charge in [0.05, 0.1) is 13.2 Å². The van der Waals surface area contributed by atoms with E-state index in [1.165, 1.54) is 63.5 Å². The molecule has 68 heavy (non-hydrogen) atoms. The number of esters is 2. The van der Waals surface area contributed by atoms with E-state index in [9.17, 15) is 48.3 Å². The first-order valence-corrected chi connectivity index (χ1v) is 27.0. The maximum atomic E-state index is 12.8. The van der Waals surface area contributed by atoms with Crippen LogP contribution in [-0.2, 0) is 51.1 Å². The Bertz CT molecular complexity index is 1910. The van der Waals surface area contributed by atoms with Crippen molar-refractivity contribution in [3.8, 4) is 0 Å². The zero-order chi connectivity index (χ0) is 50.2. The highest BCUT2D eigenvalue weighted by Gasteiger charge is 2.46. The van der Waals surface area contributed by atoms with Gasteiger partial charge in [0.25, 0.3) is 0 Å². The summed E-state index contributed by atoms with van der Waals surface area (Å²) in [7, 11) is -10.9. The van der Waals surface area contributed by atoms with Crippen LogP contribution in [-0.4, -0.2) is 91.5 Å². The quantitative estimate of drug-likeness (QED) is 0.0104. The Hall–Kier alpha value is -3.61. The number of nitrogens with zero attached hydrogens (tertiary/aromatic N) is 2. The molecule has 1 aliphatic rings. The molecule has 1 aromatic rings. The zero-order valence-corrected chi connectivity index (χ0v) is 41.8. The molecule has 386 valence electrons. The van der Waals surface area contributed by atoms with E-state index in [1.807, 2.05) is 12.2 Å². The van der Waals surface area contributed by atoms with Crippen molar-refractivity contribution in [2.45, 2.75) is 180 Å². The molecule has 1 fully saturated rings. The number of aromatic nitrogens is 2. The average molecular weight is 1000 g/mol. The molecule has 0 radical (unpaired) electrons. The maximum Gasteiger partial charge on any atom is 0.481 e. The number of anilines is 1. The molecule has 0 spiro atoms. The zero-order valence-electron chi connectivity index (χ0n) is 40.1. The molecule has 21 heteroatoms. The van der Waals surface area contributed by atoms with Crippen molar-refractivity contribution < 1.29 is 71.1 Å². The Morgan fingerprint density at radius 3 is 2.15 bits per heavy atom. The fourth-order valence-electron chi connectivity index (χ4n) is 6.77. The van der Waals surface area contributed by atoms with Crippen molar-refractivity contribution in [2.24, 2.45) is 5.92 Å². The molecule has 2 heterocycles. The van der Waals surface area contributed by atoms with Gasteiger partial charge in [0.15, 0.2) is 18.1 Å². The predicted molar refractivity (Wildman–Crippen MR) is 257 cm³/mol. The summed E-state index contributed by atoms with van der Waals surface area (Å²) >= 11 is 0. The third-order valence-electron chi connectivity index (χ3n) is 10.9. The lowest BCUT2D eigenvalue weighted by Gasteiger charge is -2.21. The first-order valence-electron chi connectivity index (χ1n) is 24.0. The van der Waals surface area contributed by atoms with Crippen LogP contribution in [0.25, 0.3) is 0 Å². The van der Waals surface area contributed by atoms with Gasteiger partial charge in [0.1, 0.15) is 30.7 Å². The highest BCUT2D eigenvalue weighted by atomic mass is 31.3. The molecular weight excluding hydrogens is 924 g/mol. The third kappa shape index (κ3) is 27.5. The van der Waals surface area contributed by atoms with Crippen LogP contribution in [0.2, 0.25) is 0 Å². The number of unbranched alkanes of at least 4 members (excludes halogenated alkanes) is 10. The van der Waals surface area contributed by atoms with E-state index < -0.39 is 83.7 Å². The van der Waals surface area contributed by atoms with Crippen molar-refractivity contribution >= 4 is 39.2 Å². The molecule has 2 rings (SSSR count). The molecular formula is C47H77N3O16P2. The highest BCUT2D eigenvalue weighted by molar-refractivity contribution is 7.61. The van der Waals surface area contributed by atoms with E-state index in [2.05, 4.69) is 48.3 Å². The van der Waals surface area contributed by atoms with Gasteiger partial charge in [0, 0.05) is 25.5 Å². The lowest BCUT2D eigenvalue weighted by atomic mass is 9.99. The number of ketones is 1. The van der Waals surface area contributed by atoms with Gasteiger partial charge in [0.2, 0.25) is 0 Å². The molecule has 0 saturated carbocycles. The third-order valence-corrected chi connectivity index (χ3v) is 13.5. The minimum absolute atomic E-state index is 0.0173. The van der Waals surface area contributed by atoms with Crippen LogP contribution in [0, 0.1) is 5.92 Å². The van der Waals surface area contributed by atoms with Gasteiger partial charge in [-0.05, 0) is 56.6 Å². The Morgan fingerprint density at radius 1 is 0.809 bits per heavy atom. The molecule has 0 aromatic carbocycles. The van der Waals surface area contributed by atoms with Crippen LogP contribution in [0.5, 0.6) is 0 Å². The maximum absolute atomic E-state index is 12.8. The van der Waals surface area contributed by atoms with Crippen LogP contribution in [0.3, 0.4) is 0 Å². The van der Waals surface area contributed by atoms with Crippen LogP contribution in [0.15, 0.2) is 65.7 Å². The number of aliphatic hydroxyl groups is 2. The van der Waals surface area contributed by atoms with Gasteiger partial charge >= 0.3 is 33.3 Å². The first-order chi connectivity index (χ1) is 32.5. The van der Waals surface area contributed by atoms with Gasteiger partial charge in [-0.3, -0.25) is 28.0 Å². The van der Waals surface area contributed by atoms with Gasteiger partial charge in [-0.1, -0.05) is 134 Å². The second-order valence-corrected chi connectivity index (χ2v) is 19.9.